The summed E-state index contributed by atoms with van der Waals surface area (Å²) in [6, 6.07) is 5.99. The van der Waals surface area contributed by atoms with Crippen LogP contribution in [0.15, 0.2) is 30.6 Å². The highest BCUT2D eigenvalue weighted by molar-refractivity contribution is 5.56. The molecule has 0 aromatic carbocycles. The Labute approximate surface area is 177 Å². The molecule has 1 aliphatic heterocycles. The summed E-state index contributed by atoms with van der Waals surface area (Å²) in [5.74, 6) is 2.84. The molecule has 0 atom stereocenters. The molecule has 1 saturated heterocycles. The van der Waals surface area contributed by atoms with Crippen molar-refractivity contribution >= 4 is 5.82 Å². The fourth-order valence-electron chi connectivity index (χ4n) is 4.16. The van der Waals surface area contributed by atoms with Crippen LogP contribution in [0, 0.1) is 6.92 Å². The molecule has 3 aromatic heterocycles. The first-order valence-electron chi connectivity index (χ1n) is 10.3. The number of rotatable bonds is 6. The lowest BCUT2D eigenvalue weighted by Crippen LogP contribution is -2.33. The van der Waals surface area contributed by atoms with Crippen molar-refractivity contribution in [1.82, 2.24) is 29.6 Å². The molecule has 0 bridgehead atoms. The van der Waals surface area contributed by atoms with Gasteiger partial charge in [0.15, 0.2) is 5.82 Å². The highest BCUT2D eigenvalue weighted by Gasteiger charge is 2.25. The Kier molecular flexibility index (Phi) is 5.94. The summed E-state index contributed by atoms with van der Waals surface area (Å²) < 4.78 is 7.37. The zero-order valence-corrected chi connectivity index (χ0v) is 18.1. The second-order valence-electron chi connectivity index (χ2n) is 7.74. The first-order valence-corrected chi connectivity index (χ1v) is 10.3. The zero-order chi connectivity index (χ0) is 21.1. The quantitative estimate of drug-likeness (QED) is 0.673. The number of aryl methyl sites for hydroxylation is 2. The van der Waals surface area contributed by atoms with E-state index >= 15 is 0 Å². The molecule has 0 saturated carbocycles. The standard InChI is InChI=1S/C22H29N7O/c1-15-18(22(30-4)28(3)27-15)14-29-10-7-16(8-11-29)19-12-20(23-2)26-21(25-19)17-6-5-9-24-13-17/h5-6,9,12-13,16H,7-8,10-11,14H2,1-4H3,(H,23,25,26). The van der Waals surface area contributed by atoms with Crippen molar-refractivity contribution in [3.05, 3.63) is 47.5 Å². The first kappa shape index (κ1) is 20.3. The number of anilines is 1. The molecule has 1 N–H and O–H groups in total. The number of ether oxygens (including phenoxy) is 1. The summed E-state index contributed by atoms with van der Waals surface area (Å²) in [6.45, 7) is 4.94. The summed E-state index contributed by atoms with van der Waals surface area (Å²) in [6.07, 6.45) is 5.70. The summed E-state index contributed by atoms with van der Waals surface area (Å²) in [5, 5.41) is 7.68. The van der Waals surface area contributed by atoms with Gasteiger partial charge >= 0.3 is 0 Å². The van der Waals surface area contributed by atoms with Gasteiger partial charge in [0.25, 0.3) is 0 Å². The van der Waals surface area contributed by atoms with Crippen molar-refractivity contribution in [3.8, 4) is 17.3 Å². The molecule has 0 amide bonds. The van der Waals surface area contributed by atoms with Gasteiger partial charge in [0, 0.05) is 56.3 Å². The molecule has 158 valence electrons. The molecule has 8 nitrogen and oxygen atoms in total. The summed E-state index contributed by atoms with van der Waals surface area (Å²) in [7, 11) is 5.53. The second kappa shape index (κ2) is 8.79. The number of nitrogens with zero attached hydrogens (tertiary/aromatic N) is 6. The average Bonchev–Trinajstić information content (AvgIpc) is 3.06. The van der Waals surface area contributed by atoms with Crippen LogP contribution in [-0.4, -0.2) is 56.9 Å². The largest absolute Gasteiger partial charge is 0.481 e. The van der Waals surface area contributed by atoms with Crippen molar-refractivity contribution < 1.29 is 4.74 Å². The van der Waals surface area contributed by atoms with Crippen LogP contribution in [0.5, 0.6) is 5.88 Å². The van der Waals surface area contributed by atoms with Crippen LogP contribution >= 0.6 is 0 Å². The Balaban J connectivity index is 1.48. The van der Waals surface area contributed by atoms with Crippen LogP contribution in [0.2, 0.25) is 0 Å². The number of likely N-dealkylation sites (tertiary alicyclic amines) is 1. The van der Waals surface area contributed by atoms with Gasteiger partial charge in [0.05, 0.1) is 18.4 Å². The van der Waals surface area contributed by atoms with Gasteiger partial charge in [-0.25, -0.2) is 14.6 Å². The van der Waals surface area contributed by atoms with Gasteiger partial charge in [-0.2, -0.15) is 5.10 Å². The SMILES string of the molecule is CNc1cc(C2CCN(Cc3c(C)nn(C)c3OC)CC2)nc(-c2cccnc2)n1. The van der Waals surface area contributed by atoms with E-state index in [9.17, 15) is 0 Å². The molecule has 4 heterocycles. The van der Waals surface area contributed by atoms with E-state index in [-0.39, 0.29) is 0 Å². The maximum atomic E-state index is 5.55. The third kappa shape index (κ3) is 4.14. The molecular weight excluding hydrogens is 378 g/mol. The topological polar surface area (TPSA) is 81.0 Å². The Morgan fingerprint density at radius 3 is 2.70 bits per heavy atom. The van der Waals surface area contributed by atoms with Crippen LogP contribution in [0.1, 0.15) is 35.7 Å². The van der Waals surface area contributed by atoms with Crippen molar-refractivity contribution in [2.75, 3.05) is 32.6 Å². The predicted molar refractivity (Wildman–Crippen MR) is 117 cm³/mol. The second-order valence-corrected chi connectivity index (χ2v) is 7.74. The molecule has 1 fully saturated rings. The molecule has 0 aliphatic carbocycles. The van der Waals surface area contributed by atoms with E-state index in [0.717, 1.165) is 66.9 Å². The maximum Gasteiger partial charge on any atom is 0.216 e. The average molecular weight is 408 g/mol. The van der Waals surface area contributed by atoms with Crippen molar-refractivity contribution in [3.63, 3.8) is 0 Å². The van der Waals surface area contributed by atoms with Gasteiger partial charge in [0.2, 0.25) is 5.88 Å². The molecule has 30 heavy (non-hydrogen) atoms. The van der Waals surface area contributed by atoms with E-state index < -0.39 is 0 Å². The molecule has 8 heteroatoms. The lowest BCUT2D eigenvalue weighted by atomic mass is 9.92. The van der Waals surface area contributed by atoms with E-state index in [2.05, 4.69) is 31.3 Å². The first-order chi connectivity index (χ1) is 14.6. The molecule has 4 rings (SSSR count). The normalized spacial score (nSPS) is 15.3. The van der Waals surface area contributed by atoms with Gasteiger partial charge in [-0.15, -0.1) is 0 Å². The minimum atomic E-state index is 0.420. The van der Waals surface area contributed by atoms with Crippen molar-refractivity contribution in [2.45, 2.75) is 32.2 Å². The van der Waals surface area contributed by atoms with Crippen LogP contribution in [0.25, 0.3) is 11.4 Å². The fourth-order valence-corrected chi connectivity index (χ4v) is 4.16. The molecule has 0 spiro atoms. The summed E-state index contributed by atoms with van der Waals surface area (Å²) in [5.41, 5.74) is 4.25. The lowest BCUT2D eigenvalue weighted by Gasteiger charge is -2.32. The Bertz CT molecular complexity index is 994. The summed E-state index contributed by atoms with van der Waals surface area (Å²) >= 11 is 0. The van der Waals surface area contributed by atoms with Gasteiger partial charge in [0.1, 0.15) is 5.82 Å². The molecule has 0 radical (unpaired) electrons. The van der Waals surface area contributed by atoms with Crippen LogP contribution in [0.3, 0.4) is 0 Å². The Morgan fingerprint density at radius 1 is 1.23 bits per heavy atom. The number of aromatic nitrogens is 5. The fraction of sp³-hybridized carbons (Fsp3) is 0.455. The molecule has 1 aliphatic rings. The highest BCUT2D eigenvalue weighted by atomic mass is 16.5. The zero-order valence-electron chi connectivity index (χ0n) is 18.1. The van der Waals surface area contributed by atoms with Gasteiger partial charge in [-0.05, 0) is 45.0 Å². The smallest absolute Gasteiger partial charge is 0.216 e. The number of methoxy groups -OCH3 is 1. The molecule has 3 aromatic rings. The van der Waals surface area contributed by atoms with E-state index in [1.54, 1.807) is 13.3 Å². The number of piperidine rings is 1. The Morgan fingerprint density at radius 2 is 2.03 bits per heavy atom. The monoisotopic (exact) mass is 407 g/mol. The maximum absolute atomic E-state index is 5.55. The van der Waals surface area contributed by atoms with Gasteiger partial charge in [-0.3, -0.25) is 9.88 Å². The van der Waals surface area contributed by atoms with Crippen molar-refractivity contribution in [1.29, 1.82) is 0 Å². The highest BCUT2D eigenvalue weighted by Crippen LogP contribution is 2.31. The van der Waals surface area contributed by atoms with E-state index in [0.29, 0.717) is 5.92 Å². The van der Waals surface area contributed by atoms with E-state index in [1.165, 1.54) is 5.56 Å². The van der Waals surface area contributed by atoms with Crippen LogP contribution < -0.4 is 10.1 Å². The number of nitrogens with one attached hydrogen (secondary N) is 1. The third-order valence-electron chi connectivity index (χ3n) is 5.79. The van der Waals surface area contributed by atoms with Gasteiger partial charge in [-0.1, -0.05) is 0 Å². The van der Waals surface area contributed by atoms with Crippen LogP contribution in [-0.2, 0) is 13.6 Å². The number of hydrogen-bond acceptors (Lipinski definition) is 7. The van der Waals surface area contributed by atoms with E-state index in [1.807, 2.05) is 44.0 Å². The number of hydrogen-bond donors (Lipinski definition) is 1. The minimum Gasteiger partial charge on any atom is -0.481 e. The molecule has 0 unspecified atom stereocenters. The Hall–Kier alpha value is -3.00. The molecular formula is C22H29N7O. The number of pyridine rings is 1. The van der Waals surface area contributed by atoms with Gasteiger partial charge < -0.3 is 10.1 Å². The van der Waals surface area contributed by atoms with Crippen molar-refractivity contribution in [2.24, 2.45) is 7.05 Å². The van der Waals surface area contributed by atoms with E-state index in [4.69, 9.17) is 9.72 Å². The third-order valence-corrected chi connectivity index (χ3v) is 5.79. The minimum absolute atomic E-state index is 0.420. The van der Waals surface area contributed by atoms with Crippen LogP contribution in [0.4, 0.5) is 5.82 Å². The lowest BCUT2D eigenvalue weighted by molar-refractivity contribution is 0.200. The predicted octanol–water partition coefficient (Wildman–Crippen LogP) is 3.01. The summed E-state index contributed by atoms with van der Waals surface area (Å²) in [4.78, 5) is 16.2.